The number of rotatable bonds is 7. The second-order valence-electron chi connectivity index (χ2n) is 6.26. The zero-order valence-electron chi connectivity index (χ0n) is 14.1. The number of carboxylic acids is 1. The Kier molecular flexibility index (Phi) is 8.06. The van der Waals surface area contributed by atoms with Gasteiger partial charge in [0.15, 0.2) is 0 Å². The molecular weight excluding hydrogens is 306 g/mol. The first-order valence-electron chi connectivity index (χ1n) is 7.18. The van der Waals surface area contributed by atoms with Crippen molar-refractivity contribution in [3.8, 4) is 0 Å². The van der Waals surface area contributed by atoms with Gasteiger partial charge in [0.2, 0.25) is 11.8 Å². The predicted octanol–water partition coefficient (Wildman–Crippen LogP) is -0.147. The number of carboxylic acid groups (broad SMARTS) is 1. The zero-order valence-corrected chi connectivity index (χ0v) is 14.1. The van der Waals surface area contributed by atoms with Gasteiger partial charge in [0.05, 0.1) is 0 Å². The van der Waals surface area contributed by atoms with Crippen LogP contribution in [0.3, 0.4) is 0 Å². The van der Waals surface area contributed by atoms with E-state index in [2.05, 4.69) is 16.0 Å². The lowest BCUT2D eigenvalue weighted by Crippen LogP contribution is -2.52. The van der Waals surface area contributed by atoms with Crippen molar-refractivity contribution in [1.29, 1.82) is 0 Å². The van der Waals surface area contributed by atoms with Crippen LogP contribution in [-0.2, 0) is 19.1 Å². The van der Waals surface area contributed by atoms with Crippen molar-refractivity contribution in [1.82, 2.24) is 16.0 Å². The molecule has 0 bridgehead atoms. The molecule has 0 rings (SSSR count). The number of aliphatic carboxylic acids is 1. The third-order valence-electron chi connectivity index (χ3n) is 2.47. The average molecular weight is 331 g/mol. The van der Waals surface area contributed by atoms with Gasteiger partial charge in [-0.2, -0.15) is 0 Å². The molecule has 0 aliphatic rings. The maximum atomic E-state index is 11.8. The highest BCUT2D eigenvalue weighted by atomic mass is 16.6. The lowest BCUT2D eigenvalue weighted by molar-refractivity contribution is -0.138. The number of carbonyl (C=O) groups is 4. The smallest absolute Gasteiger partial charge is 0.408 e. The maximum Gasteiger partial charge on any atom is 0.408 e. The summed E-state index contributed by atoms with van der Waals surface area (Å²) in [5, 5.41) is 15.5. The van der Waals surface area contributed by atoms with Crippen molar-refractivity contribution in [2.45, 2.75) is 46.3 Å². The molecule has 0 aliphatic carbocycles. The Bertz CT molecular complexity index is 456. The van der Waals surface area contributed by atoms with E-state index in [1.165, 1.54) is 0 Å². The third-order valence-corrected chi connectivity index (χ3v) is 2.47. The van der Waals surface area contributed by atoms with E-state index in [1.807, 2.05) is 0 Å². The average Bonchev–Trinajstić information content (AvgIpc) is 2.37. The van der Waals surface area contributed by atoms with Crippen LogP contribution in [-0.4, -0.2) is 53.7 Å². The number of nitrogens with one attached hydrogen (secondary N) is 3. The molecule has 3 amide bonds. The minimum Gasteiger partial charge on any atom is -0.480 e. The van der Waals surface area contributed by atoms with Gasteiger partial charge in [0.1, 0.15) is 24.7 Å². The molecule has 1 unspecified atom stereocenters. The van der Waals surface area contributed by atoms with Gasteiger partial charge in [-0.1, -0.05) is 13.8 Å². The van der Waals surface area contributed by atoms with E-state index in [9.17, 15) is 19.2 Å². The third kappa shape index (κ3) is 10.1. The highest BCUT2D eigenvalue weighted by Gasteiger charge is 2.25. The largest absolute Gasteiger partial charge is 0.480 e. The van der Waals surface area contributed by atoms with Crippen molar-refractivity contribution in [3.63, 3.8) is 0 Å². The van der Waals surface area contributed by atoms with Gasteiger partial charge in [-0.3, -0.25) is 14.4 Å². The van der Waals surface area contributed by atoms with Gasteiger partial charge in [0.25, 0.3) is 0 Å². The van der Waals surface area contributed by atoms with Crippen LogP contribution >= 0.6 is 0 Å². The molecule has 4 N–H and O–H groups in total. The first kappa shape index (κ1) is 20.7. The fraction of sp³-hybridized carbons (Fsp3) is 0.714. The number of carbonyl (C=O) groups excluding carboxylic acids is 3. The summed E-state index contributed by atoms with van der Waals surface area (Å²) in [5.41, 5.74) is -0.683. The summed E-state index contributed by atoms with van der Waals surface area (Å²) in [6.07, 6.45) is -0.746. The number of hydrogen-bond donors (Lipinski definition) is 4. The van der Waals surface area contributed by atoms with Crippen LogP contribution in [0.15, 0.2) is 0 Å². The molecule has 0 fully saturated rings. The van der Waals surface area contributed by atoms with Gasteiger partial charge in [-0.15, -0.1) is 0 Å². The number of amides is 3. The van der Waals surface area contributed by atoms with Gasteiger partial charge < -0.3 is 25.8 Å². The number of hydrogen-bond acceptors (Lipinski definition) is 5. The van der Waals surface area contributed by atoms with Crippen molar-refractivity contribution in [3.05, 3.63) is 0 Å². The summed E-state index contributed by atoms with van der Waals surface area (Å²) in [5.74, 6) is -2.62. The summed E-state index contributed by atoms with van der Waals surface area (Å²) < 4.78 is 4.98. The van der Waals surface area contributed by atoms with Crippen LogP contribution in [0.25, 0.3) is 0 Å². The molecule has 132 valence electrons. The number of ether oxygens (including phenoxy) is 1. The minimum absolute atomic E-state index is 0.255. The highest BCUT2D eigenvalue weighted by Crippen LogP contribution is 2.06. The van der Waals surface area contributed by atoms with Crippen molar-refractivity contribution in [2.75, 3.05) is 13.1 Å². The minimum atomic E-state index is -1.18. The van der Waals surface area contributed by atoms with E-state index < -0.39 is 42.1 Å². The van der Waals surface area contributed by atoms with Crippen LogP contribution in [0, 0.1) is 5.92 Å². The Morgan fingerprint density at radius 2 is 1.61 bits per heavy atom. The molecule has 23 heavy (non-hydrogen) atoms. The topological polar surface area (TPSA) is 134 Å². The fourth-order valence-electron chi connectivity index (χ4n) is 1.50. The summed E-state index contributed by atoms with van der Waals surface area (Å²) in [7, 11) is 0. The SMILES string of the molecule is CC(C)C(NC(=O)CNC(=O)OC(C)(C)C)C(=O)NCC(=O)O. The lowest BCUT2D eigenvalue weighted by Gasteiger charge is -2.22. The molecule has 0 saturated heterocycles. The maximum absolute atomic E-state index is 11.8. The molecule has 0 heterocycles. The van der Waals surface area contributed by atoms with Gasteiger partial charge in [-0.25, -0.2) is 4.79 Å². The van der Waals surface area contributed by atoms with Crippen molar-refractivity contribution < 1.29 is 29.0 Å². The van der Waals surface area contributed by atoms with Gasteiger partial charge >= 0.3 is 12.1 Å². The van der Waals surface area contributed by atoms with E-state index in [1.54, 1.807) is 34.6 Å². The summed E-state index contributed by atoms with van der Waals surface area (Å²) in [6, 6.07) is -0.901. The fourth-order valence-corrected chi connectivity index (χ4v) is 1.50. The highest BCUT2D eigenvalue weighted by molar-refractivity contribution is 5.90. The van der Waals surface area contributed by atoms with Crippen molar-refractivity contribution >= 4 is 23.9 Å². The van der Waals surface area contributed by atoms with Crippen molar-refractivity contribution in [2.24, 2.45) is 5.92 Å². The summed E-state index contributed by atoms with van der Waals surface area (Å²) in [6.45, 7) is 7.58. The molecule has 0 aromatic carbocycles. The van der Waals surface area contributed by atoms with E-state index in [-0.39, 0.29) is 12.5 Å². The molecule has 0 spiro atoms. The van der Waals surface area contributed by atoms with Crippen LogP contribution in [0.5, 0.6) is 0 Å². The quantitative estimate of drug-likeness (QED) is 0.513. The molecule has 0 radical (unpaired) electrons. The standard InChI is InChI=1S/C14H25N3O6/c1-8(2)11(12(21)15-7-10(19)20)17-9(18)6-16-13(22)23-14(3,4)5/h8,11H,6-7H2,1-5H3,(H,15,21)(H,16,22)(H,17,18)(H,19,20). The molecule has 9 nitrogen and oxygen atoms in total. The van der Waals surface area contributed by atoms with E-state index >= 15 is 0 Å². The first-order valence-corrected chi connectivity index (χ1v) is 7.18. The van der Waals surface area contributed by atoms with Gasteiger partial charge in [-0.05, 0) is 26.7 Å². The predicted molar refractivity (Wildman–Crippen MR) is 81.7 cm³/mol. The van der Waals surface area contributed by atoms with E-state index in [4.69, 9.17) is 9.84 Å². The van der Waals surface area contributed by atoms with Crippen LogP contribution < -0.4 is 16.0 Å². The Balaban J connectivity index is 4.43. The Hall–Kier alpha value is -2.32. The second-order valence-corrected chi connectivity index (χ2v) is 6.26. The molecular formula is C14H25N3O6. The Morgan fingerprint density at radius 3 is 2.04 bits per heavy atom. The first-order chi connectivity index (χ1) is 10.4. The van der Waals surface area contributed by atoms with Crippen LogP contribution in [0.4, 0.5) is 4.79 Å². The monoisotopic (exact) mass is 331 g/mol. The summed E-state index contributed by atoms with van der Waals surface area (Å²) in [4.78, 5) is 45.5. The lowest BCUT2D eigenvalue weighted by atomic mass is 10.0. The summed E-state index contributed by atoms with van der Waals surface area (Å²) >= 11 is 0. The number of alkyl carbamates (subject to hydrolysis) is 1. The molecule has 0 saturated carbocycles. The van der Waals surface area contributed by atoms with Crippen LogP contribution in [0.1, 0.15) is 34.6 Å². The second kappa shape index (κ2) is 8.96. The van der Waals surface area contributed by atoms with E-state index in [0.717, 1.165) is 0 Å². The molecule has 0 aromatic rings. The normalized spacial score (nSPS) is 12.3. The molecule has 9 heteroatoms. The molecule has 1 atom stereocenters. The molecule has 0 aromatic heterocycles. The van der Waals surface area contributed by atoms with Crippen LogP contribution in [0.2, 0.25) is 0 Å². The molecule has 0 aliphatic heterocycles. The van der Waals surface area contributed by atoms with Gasteiger partial charge in [0, 0.05) is 0 Å². The Morgan fingerprint density at radius 1 is 1.04 bits per heavy atom. The Labute approximate surface area is 135 Å². The van der Waals surface area contributed by atoms with E-state index in [0.29, 0.717) is 0 Å². The zero-order chi connectivity index (χ0) is 18.2.